The first-order valence-electron chi connectivity index (χ1n) is 6.18. The quantitative estimate of drug-likeness (QED) is 0.844. The maximum atomic E-state index is 11.8. The van der Waals surface area contributed by atoms with Crippen molar-refractivity contribution in [3.8, 4) is 11.1 Å². The molecule has 0 aliphatic carbocycles. The van der Waals surface area contributed by atoms with Crippen LogP contribution in [-0.2, 0) is 4.79 Å². The van der Waals surface area contributed by atoms with Crippen LogP contribution in [0, 0.1) is 0 Å². The summed E-state index contributed by atoms with van der Waals surface area (Å²) in [6, 6.07) is 14.7. The second-order valence-electron chi connectivity index (χ2n) is 4.38. The van der Waals surface area contributed by atoms with Crippen molar-refractivity contribution in [1.82, 2.24) is 0 Å². The first-order valence-corrected chi connectivity index (χ1v) is 6.55. The average Bonchev–Trinajstić information content (AvgIpc) is 2.45. The predicted octanol–water partition coefficient (Wildman–Crippen LogP) is 4.05. The average molecular weight is 289 g/mol. The van der Waals surface area contributed by atoms with E-state index < -0.39 is 5.97 Å². The molecule has 0 atom stereocenters. The summed E-state index contributed by atoms with van der Waals surface area (Å²) in [4.78, 5) is 22.3. The van der Waals surface area contributed by atoms with Crippen LogP contribution in [0.3, 0.4) is 0 Å². The molecule has 0 aromatic heterocycles. The Morgan fingerprint density at radius 3 is 2.30 bits per heavy atom. The van der Waals surface area contributed by atoms with Gasteiger partial charge in [0.2, 0.25) is 0 Å². The normalized spacial score (nSPS) is 10.2. The van der Waals surface area contributed by atoms with Crippen molar-refractivity contribution in [3.05, 3.63) is 59.1 Å². The fourth-order valence-corrected chi connectivity index (χ4v) is 2.19. The summed E-state index contributed by atoms with van der Waals surface area (Å²) in [5, 5.41) is 9.06. The van der Waals surface area contributed by atoms with Crippen LogP contribution in [0.2, 0.25) is 5.02 Å². The summed E-state index contributed by atoms with van der Waals surface area (Å²) in [5.41, 5.74) is 2.26. The van der Waals surface area contributed by atoms with Crippen molar-refractivity contribution in [1.29, 1.82) is 0 Å². The van der Waals surface area contributed by atoms with E-state index in [0.717, 1.165) is 11.1 Å². The summed E-state index contributed by atoms with van der Waals surface area (Å²) >= 11 is 6.20. The van der Waals surface area contributed by atoms with Crippen LogP contribution >= 0.6 is 11.6 Å². The number of rotatable bonds is 5. The Bertz CT molecular complexity index is 635. The van der Waals surface area contributed by atoms with Crippen LogP contribution in [0.4, 0.5) is 0 Å². The molecule has 0 bridgehead atoms. The zero-order valence-corrected chi connectivity index (χ0v) is 11.4. The number of hydrogen-bond acceptors (Lipinski definition) is 2. The van der Waals surface area contributed by atoms with Crippen molar-refractivity contribution in [2.24, 2.45) is 0 Å². The second kappa shape index (κ2) is 6.35. The van der Waals surface area contributed by atoms with Gasteiger partial charge in [-0.2, -0.15) is 0 Å². The minimum atomic E-state index is -0.981. The van der Waals surface area contributed by atoms with Crippen molar-refractivity contribution >= 4 is 23.4 Å². The van der Waals surface area contributed by atoms with Crippen molar-refractivity contribution < 1.29 is 14.7 Å². The summed E-state index contributed by atoms with van der Waals surface area (Å²) in [6.07, 6.45) is -0.187. The Labute approximate surface area is 121 Å². The van der Waals surface area contributed by atoms with Gasteiger partial charge in [0.05, 0.1) is 6.42 Å². The standard InChI is InChI=1S/C16H13ClO3/c17-14-10-12(15(18)8-9-16(19)20)6-7-13(14)11-4-2-1-3-5-11/h1-7,10H,8-9H2,(H,19,20). The molecule has 2 rings (SSSR count). The molecule has 20 heavy (non-hydrogen) atoms. The molecule has 2 aromatic rings. The fourth-order valence-electron chi connectivity index (χ4n) is 1.91. The van der Waals surface area contributed by atoms with Crippen molar-refractivity contribution in [2.75, 3.05) is 0 Å². The summed E-state index contributed by atoms with van der Waals surface area (Å²) < 4.78 is 0. The number of Topliss-reactive ketones (excluding diaryl/α,β-unsaturated/α-hetero) is 1. The van der Waals surface area contributed by atoms with E-state index in [-0.39, 0.29) is 18.6 Å². The highest BCUT2D eigenvalue weighted by molar-refractivity contribution is 6.33. The SMILES string of the molecule is O=C(O)CCC(=O)c1ccc(-c2ccccc2)c(Cl)c1. The number of carboxylic acid groups (broad SMARTS) is 1. The first kappa shape index (κ1) is 14.3. The van der Waals surface area contributed by atoms with Gasteiger partial charge in [0.25, 0.3) is 0 Å². The van der Waals surface area contributed by atoms with E-state index in [0.29, 0.717) is 10.6 Å². The molecule has 3 nitrogen and oxygen atoms in total. The molecule has 0 aliphatic rings. The van der Waals surface area contributed by atoms with Gasteiger partial charge in [-0.05, 0) is 11.6 Å². The molecule has 0 heterocycles. The largest absolute Gasteiger partial charge is 0.481 e. The predicted molar refractivity (Wildman–Crippen MR) is 78.1 cm³/mol. The third-order valence-corrected chi connectivity index (χ3v) is 3.25. The maximum Gasteiger partial charge on any atom is 0.303 e. The number of halogens is 1. The van der Waals surface area contributed by atoms with Crippen LogP contribution < -0.4 is 0 Å². The molecular weight excluding hydrogens is 276 g/mol. The van der Waals surface area contributed by atoms with Gasteiger partial charge in [0.1, 0.15) is 0 Å². The van der Waals surface area contributed by atoms with Gasteiger partial charge in [-0.15, -0.1) is 0 Å². The lowest BCUT2D eigenvalue weighted by atomic mass is 10.0. The Morgan fingerprint density at radius 1 is 1.00 bits per heavy atom. The Morgan fingerprint density at radius 2 is 1.70 bits per heavy atom. The van der Waals surface area contributed by atoms with E-state index in [1.807, 2.05) is 30.3 Å². The van der Waals surface area contributed by atoms with Gasteiger partial charge in [0.15, 0.2) is 5.78 Å². The van der Waals surface area contributed by atoms with Crippen molar-refractivity contribution in [3.63, 3.8) is 0 Å². The number of aliphatic carboxylic acids is 1. The number of carbonyl (C=O) groups is 2. The molecule has 102 valence electrons. The Balaban J connectivity index is 2.22. The minimum absolute atomic E-state index is 0.0175. The third kappa shape index (κ3) is 3.45. The molecule has 1 N–H and O–H groups in total. The van der Waals surface area contributed by atoms with Gasteiger partial charge >= 0.3 is 5.97 Å². The topological polar surface area (TPSA) is 54.4 Å². The molecular formula is C16H13ClO3. The van der Waals surface area contributed by atoms with Crippen LogP contribution in [0.5, 0.6) is 0 Å². The lowest BCUT2D eigenvalue weighted by Crippen LogP contribution is -2.03. The molecule has 0 aliphatic heterocycles. The van der Waals surface area contributed by atoms with Crippen LogP contribution in [0.1, 0.15) is 23.2 Å². The lowest BCUT2D eigenvalue weighted by Gasteiger charge is -2.06. The zero-order chi connectivity index (χ0) is 14.5. The minimum Gasteiger partial charge on any atom is -0.481 e. The van der Waals surface area contributed by atoms with Gasteiger partial charge in [0, 0.05) is 22.6 Å². The highest BCUT2D eigenvalue weighted by Gasteiger charge is 2.11. The van der Waals surface area contributed by atoms with Crippen LogP contribution in [0.25, 0.3) is 11.1 Å². The molecule has 0 saturated carbocycles. The molecule has 0 fully saturated rings. The zero-order valence-electron chi connectivity index (χ0n) is 10.7. The van der Waals surface area contributed by atoms with E-state index in [1.165, 1.54) is 0 Å². The van der Waals surface area contributed by atoms with Gasteiger partial charge < -0.3 is 5.11 Å². The van der Waals surface area contributed by atoms with E-state index >= 15 is 0 Å². The lowest BCUT2D eigenvalue weighted by molar-refractivity contribution is -0.136. The molecule has 0 radical (unpaired) electrons. The summed E-state index contributed by atoms with van der Waals surface area (Å²) in [6.45, 7) is 0. The smallest absolute Gasteiger partial charge is 0.303 e. The van der Waals surface area contributed by atoms with Crippen molar-refractivity contribution in [2.45, 2.75) is 12.8 Å². The molecule has 4 heteroatoms. The maximum absolute atomic E-state index is 11.8. The molecule has 0 spiro atoms. The molecule has 2 aromatic carbocycles. The number of carbonyl (C=O) groups excluding carboxylic acids is 1. The summed E-state index contributed by atoms with van der Waals surface area (Å²) in [5.74, 6) is -1.20. The number of ketones is 1. The van der Waals surface area contributed by atoms with E-state index in [2.05, 4.69) is 0 Å². The monoisotopic (exact) mass is 288 g/mol. The number of benzene rings is 2. The molecule has 0 amide bonds. The highest BCUT2D eigenvalue weighted by atomic mass is 35.5. The fraction of sp³-hybridized carbons (Fsp3) is 0.125. The molecule has 0 unspecified atom stereocenters. The van der Waals surface area contributed by atoms with E-state index in [4.69, 9.17) is 16.7 Å². The second-order valence-corrected chi connectivity index (χ2v) is 4.78. The Hall–Kier alpha value is -2.13. The molecule has 0 saturated heterocycles. The van der Waals surface area contributed by atoms with E-state index in [9.17, 15) is 9.59 Å². The Kier molecular flexibility index (Phi) is 4.53. The van der Waals surface area contributed by atoms with Gasteiger partial charge in [-0.25, -0.2) is 0 Å². The van der Waals surface area contributed by atoms with Gasteiger partial charge in [-0.1, -0.05) is 54.1 Å². The highest BCUT2D eigenvalue weighted by Crippen LogP contribution is 2.28. The summed E-state index contributed by atoms with van der Waals surface area (Å²) in [7, 11) is 0. The first-order chi connectivity index (χ1) is 9.58. The number of carboxylic acids is 1. The number of hydrogen-bond donors (Lipinski definition) is 1. The van der Waals surface area contributed by atoms with E-state index in [1.54, 1.807) is 18.2 Å². The van der Waals surface area contributed by atoms with Gasteiger partial charge in [-0.3, -0.25) is 9.59 Å². The van der Waals surface area contributed by atoms with Crippen LogP contribution in [-0.4, -0.2) is 16.9 Å². The third-order valence-electron chi connectivity index (χ3n) is 2.94. The van der Waals surface area contributed by atoms with Crippen LogP contribution in [0.15, 0.2) is 48.5 Å².